The Bertz CT molecular complexity index is 662. The van der Waals surface area contributed by atoms with Crippen LogP contribution < -0.4 is 5.32 Å². The number of rotatable bonds is 9. The first kappa shape index (κ1) is 18.4. The van der Waals surface area contributed by atoms with Crippen LogP contribution in [0.1, 0.15) is 16.1 Å². The van der Waals surface area contributed by atoms with Crippen LogP contribution in [0.2, 0.25) is 0 Å². The van der Waals surface area contributed by atoms with Gasteiger partial charge in [0.05, 0.1) is 23.4 Å². The summed E-state index contributed by atoms with van der Waals surface area (Å²) in [5.74, 6) is -0.197. The lowest BCUT2D eigenvalue weighted by Crippen LogP contribution is -2.31. The number of nitrogens with zero attached hydrogens (tertiary/aromatic N) is 1. The molecular formula is C16H18N2O4S2. The number of aromatic nitrogens is 1. The summed E-state index contributed by atoms with van der Waals surface area (Å²) in [5.41, 5.74) is 3.19. The number of benzene rings is 1. The number of hydrogen-bond acceptors (Lipinski definition) is 7. The smallest absolute Gasteiger partial charge is 0.339 e. The number of carbonyl (C=O) groups is 2. The average molecular weight is 366 g/mol. The van der Waals surface area contributed by atoms with E-state index >= 15 is 0 Å². The predicted molar refractivity (Wildman–Crippen MR) is 93.3 cm³/mol. The van der Waals surface area contributed by atoms with Gasteiger partial charge in [0.2, 0.25) is 0 Å². The van der Waals surface area contributed by atoms with Gasteiger partial charge in [0.15, 0.2) is 6.61 Å². The fourth-order valence-corrected chi connectivity index (χ4v) is 3.38. The molecule has 0 spiro atoms. The number of carbonyl (C=O) groups excluding carboxylic acids is 2. The summed E-state index contributed by atoms with van der Waals surface area (Å²) < 4.78 is 9.91. The van der Waals surface area contributed by atoms with Gasteiger partial charge in [-0.3, -0.25) is 4.79 Å². The second-order valence-corrected chi connectivity index (χ2v) is 6.42. The van der Waals surface area contributed by atoms with Crippen LogP contribution in [0.3, 0.4) is 0 Å². The summed E-state index contributed by atoms with van der Waals surface area (Å²) in [7, 11) is 1.55. The van der Waals surface area contributed by atoms with Crippen molar-refractivity contribution in [3.8, 4) is 0 Å². The van der Waals surface area contributed by atoms with E-state index in [4.69, 9.17) is 9.47 Å². The zero-order chi connectivity index (χ0) is 17.2. The fourth-order valence-electron chi connectivity index (χ4n) is 1.77. The molecule has 1 aromatic heterocycles. The lowest BCUT2D eigenvalue weighted by atomic mass is 10.2. The first-order valence-corrected chi connectivity index (χ1v) is 9.15. The maximum absolute atomic E-state index is 12.2. The van der Waals surface area contributed by atoms with E-state index in [9.17, 15) is 9.59 Å². The Morgan fingerprint density at radius 3 is 2.92 bits per heavy atom. The molecule has 8 heteroatoms. The third-order valence-electron chi connectivity index (χ3n) is 2.93. The summed E-state index contributed by atoms with van der Waals surface area (Å²) in [6.07, 6.45) is 0. The number of thiazole rings is 1. The minimum absolute atomic E-state index is 0.312. The molecule has 0 aliphatic carbocycles. The van der Waals surface area contributed by atoms with Gasteiger partial charge in [0.1, 0.15) is 0 Å². The molecule has 128 valence electrons. The molecule has 6 nitrogen and oxygen atoms in total. The van der Waals surface area contributed by atoms with Gasteiger partial charge in [-0.25, -0.2) is 9.78 Å². The topological polar surface area (TPSA) is 77.5 Å². The van der Waals surface area contributed by atoms with E-state index < -0.39 is 5.97 Å². The van der Waals surface area contributed by atoms with Crippen LogP contribution in [-0.2, 0) is 20.0 Å². The molecule has 0 saturated carbocycles. The molecule has 1 heterocycles. The second-order valence-electron chi connectivity index (χ2n) is 4.68. The van der Waals surface area contributed by atoms with Crippen molar-refractivity contribution in [3.05, 3.63) is 46.4 Å². The SMILES string of the molecule is COCCNC(=O)COC(=O)c1ccccc1SCc1cscn1. The molecule has 0 radical (unpaired) electrons. The van der Waals surface area contributed by atoms with Crippen molar-refractivity contribution in [3.63, 3.8) is 0 Å². The molecule has 0 fully saturated rings. The molecule has 0 aliphatic heterocycles. The second kappa shape index (κ2) is 10.1. The average Bonchev–Trinajstić information content (AvgIpc) is 3.12. The van der Waals surface area contributed by atoms with Crippen LogP contribution in [0.15, 0.2) is 40.1 Å². The monoisotopic (exact) mass is 366 g/mol. The lowest BCUT2D eigenvalue weighted by Gasteiger charge is -2.09. The number of nitrogens with one attached hydrogen (secondary N) is 1. The molecule has 2 rings (SSSR count). The first-order chi connectivity index (χ1) is 11.7. The van der Waals surface area contributed by atoms with Gasteiger partial charge in [-0.15, -0.1) is 23.1 Å². The highest BCUT2D eigenvalue weighted by atomic mass is 32.2. The molecule has 1 N–H and O–H groups in total. The summed E-state index contributed by atoms with van der Waals surface area (Å²) in [6, 6.07) is 7.17. The van der Waals surface area contributed by atoms with Gasteiger partial charge in [0.25, 0.3) is 5.91 Å². The van der Waals surface area contributed by atoms with Gasteiger partial charge in [-0.2, -0.15) is 0 Å². The molecule has 2 aromatic rings. The highest BCUT2D eigenvalue weighted by Gasteiger charge is 2.14. The largest absolute Gasteiger partial charge is 0.452 e. The van der Waals surface area contributed by atoms with Crippen molar-refractivity contribution in [2.75, 3.05) is 26.9 Å². The number of thioether (sulfide) groups is 1. The number of ether oxygens (including phenoxy) is 2. The summed E-state index contributed by atoms with van der Waals surface area (Å²) in [5, 5.41) is 4.57. The van der Waals surface area contributed by atoms with Crippen LogP contribution in [0.5, 0.6) is 0 Å². The predicted octanol–water partition coefficient (Wildman–Crippen LogP) is 2.35. The molecule has 1 aromatic carbocycles. The number of esters is 1. The van der Waals surface area contributed by atoms with Crippen molar-refractivity contribution in [1.29, 1.82) is 0 Å². The van der Waals surface area contributed by atoms with Crippen molar-refractivity contribution in [2.24, 2.45) is 0 Å². The van der Waals surface area contributed by atoms with Crippen molar-refractivity contribution >= 4 is 35.0 Å². The Labute approximate surface area is 148 Å². The molecule has 0 atom stereocenters. The fraction of sp³-hybridized carbons (Fsp3) is 0.312. The zero-order valence-electron chi connectivity index (χ0n) is 13.2. The van der Waals surface area contributed by atoms with E-state index in [1.807, 2.05) is 17.5 Å². The van der Waals surface area contributed by atoms with Gasteiger partial charge >= 0.3 is 5.97 Å². The maximum Gasteiger partial charge on any atom is 0.339 e. The quantitative estimate of drug-likeness (QED) is 0.417. The Morgan fingerprint density at radius 2 is 2.17 bits per heavy atom. The molecule has 24 heavy (non-hydrogen) atoms. The third kappa shape index (κ3) is 5.95. The van der Waals surface area contributed by atoms with Gasteiger partial charge < -0.3 is 14.8 Å². The van der Waals surface area contributed by atoms with Gasteiger partial charge in [-0.05, 0) is 12.1 Å². The van der Waals surface area contributed by atoms with Crippen molar-refractivity contribution in [2.45, 2.75) is 10.6 Å². The summed E-state index contributed by atoms with van der Waals surface area (Å²) >= 11 is 3.05. The highest BCUT2D eigenvalue weighted by Crippen LogP contribution is 2.26. The van der Waals surface area contributed by atoms with E-state index in [1.54, 1.807) is 24.8 Å². The maximum atomic E-state index is 12.2. The van der Waals surface area contributed by atoms with Crippen LogP contribution in [0, 0.1) is 0 Å². The Kier molecular flexibility index (Phi) is 7.73. The van der Waals surface area contributed by atoms with E-state index in [0.717, 1.165) is 10.6 Å². The minimum atomic E-state index is -0.515. The summed E-state index contributed by atoms with van der Waals surface area (Å²) in [4.78, 5) is 28.8. The van der Waals surface area contributed by atoms with Gasteiger partial charge in [-0.1, -0.05) is 12.1 Å². The van der Waals surface area contributed by atoms with E-state index in [2.05, 4.69) is 10.3 Å². The van der Waals surface area contributed by atoms with E-state index in [0.29, 0.717) is 24.5 Å². The number of hydrogen-bond donors (Lipinski definition) is 1. The lowest BCUT2D eigenvalue weighted by molar-refractivity contribution is -0.124. The Balaban J connectivity index is 1.88. The van der Waals surface area contributed by atoms with Crippen molar-refractivity contribution in [1.82, 2.24) is 10.3 Å². The van der Waals surface area contributed by atoms with E-state index in [-0.39, 0.29) is 12.5 Å². The molecule has 0 saturated heterocycles. The van der Waals surface area contributed by atoms with Crippen LogP contribution in [0.4, 0.5) is 0 Å². The minimum Gasteiger partial charge on any atom is -0.452 e. The highest BCUT2D eigenvalue weighted by molar-refractivity contribution is 7.98. The van der Waals surface area contributed by atoms with Crippen molar-refractivity contribution < 1.29 is 19.1 Å². The third-order valence-corrected chi connectivity index (χ3v) is 4.67. The normalized spacial score (nSPS) is 10.4. The zero-order valence-corrected chi connectivity index (χ0v) is 14.8. The molecular weight excluding hydrogens is 348 g/mol. The van der Waals surface area contributed by atoms with Crippen LogP contribution in [-0.4, -0.2) is 43.7 Å². The van der Waals surface area contributed by atoms with E-state index in [1.165, 1.54) is 23.1 Å². The number of amides is 1. The van der Waals surface area contributed by atoms with Crippen LogP contribution >= 0.6 is 23.1 Å². The first-order valence-electron chi connectivity index (χ1n) is 7.22. The molecule has 0 unspecified atom stereocenters. The summed E-state index contributed by atoms with van der Waals surface area (Å²) in [6.45, 7) is 0.483. The van der Waals surface area contributed by atoms with Gasteiger partial charge in [0, 0.05) is 29.7 Å². The Morgan fingerprint density at radius 1 is 1.33 bits per heavy atom. The molecule has 1 amide bonds. The number of methoxy groups -OCH3 is 1. The van der Waals surface area contributed by atoms with Crippen LogP contribution in [0.25, 0.3) is 0 Å². The standard InChI is InChI=1S/C16H18N2O4S2/c1-21-7-6-17-15(19)8-22-16(20)13-4-2-3-5-14(13)24-10-12-9-23-11-18-12/h2-5,9,11H,6-8,10H2,1H3,(H,17,19). The molecule has 0 bridgehead atoms. The molecule has 0 aliphatic rings. The Hall–Kier alpha value is -1.90.